The van der Waals surface area contributed by atoms with Crippen LogP contribution in [0.2, 0.25) is 61.1 Å². The number of aliphatic hydroxyl groups is 1. The number of carboxylic acid groups (broad SMARTS) is 1. The van der Waals surface area contributed by atoms with E-state index in [-0.39, 0.29) is 195 Å². The first-order chi connectivity index (χ1) is 41.8. The minimum Gasteiger partial charge on any atom is -1.00 e. The molecule has 0 saturated carbocycles. The molecule has 6 aromatic heterocycles. The number of carbonyl (C=O) groups is 4. The van der Waals surface area contributed by atoms with Crippen LogP contribution in [0.1, 0.15) is 125 Å². The zero-order valence-electron chi connectivity index (χ0n) is 52.0. The van der Waals surface area contributed by atoms with Gasteiger partial charge in [0.15, 0.2) is 5.78 Å². The number of amides is 1. The van der Waals surface area contributed by atoms with Gasteiger partial charge in [-0.05, 0) is 86.5 Å². The summed E-state index contributed by atoms with van der Waals surface area (Å²) in [5, 5.41) is 21.0. The van der Waals surface area contributed by atoms with Gasteiger partial charge in [0.05, 0.1) is 80.6 Å². The average Bonchev–Trinajstić information content (AvgIpc) is 0.889. The number of nitrogens with one attached hydrogen (secondary N) is 1. The number of alkyl halides is 1. The first-order valence-corrected chi connectivity index (χ1v) is 31.7. The van der Waals surface area contributed by atoms with Gasteiger partial charge in [-0.25, -0.2) is 49.5 Å². The number of aromatic nitrogens is 6. The number of ketones is 1. The second-order valence-electron chi connectivity index (χ2n) is 15.0. The van der Waals surface area contributed by atoms with Crippen molar-refractivity contribution in [2.24, 2.45) is 0 Å². The van der Waals surface area contributed by atoms with Crippen molar-refractivity contribution >= 4 is 252 Å². The third-order valence-corrected chi connectivity index (χ3v) is 14.0. The largest absolute Gasteiger partial charge is 2.00 e. The van der Waals surface area contributed by atoms with E-state index in [9.17, 15) is 32.0 Å². The maximum absolute atomic E-state index is 11.5. The van der Waals surface area contributed by atoms with Gasteiger partial charge >= 0.3 is 58.6 Å². The number of halogens is 17. The number of aryl methyl sites for hydroxylation is 1. The minimum absolute atomic E-state index is 0. The van der Waals surface area contributed by atoms with Crippen molar-refractivity contribution in [3.8, 4) is 0 Å². The molecular formula is C58H76BCl16FMgN8NaO12S2. The van der Waals surface area contributed by atoms with Crippen molar-refractivity contribution in [1.29, 1.82) is 0 Å². The Kier molecular flexibility index (Phi) is 93.4. The second kappa shape index (κ2) is 73.0. The van der Waals surface area contributed by atoms with E-state index >= 15 is 0 Å². The molecule has 42 heteroatoms. The predicted molar refractivity (Wildman–Crippen MR) is 416 cm³/mol. The quantitative estimate of drug-likeness (QED) is 0.0199. The van der Waals surface area contributed by atoms with E-state index < -0.39 is 43.8 Å². The van der Waals surface area contributed by atoms with Crippen molar-refractivity contribution in [3.05, 3.63) is 212 Å². The van der Waals surface area contributed by atoms with Crippen LogP contribution in [-0.4, -0.2) is 152 Å². The normalized spacial score (nSPS) is 9.08. The molecule has 100 heavy (non-hydrogen) atoms. The maximum atomic E-state index is 11.5. The molecule has 7 rings (SSSR count). The molecular weight excluding hydrogens is 1710 g/mol. The number of rotatable bonds is 9. The third-order valence-electron chi connectivity index (χ3n) is 8.75. The van der Waals surface area contributed by atoms with Gasteiger partial charge < -0.3 is 36.3 Å². The molecule has 0 fully saturated rings. The number of aromatic carboxylic acids is 1. The van der Waals surface area contributed by atoms with Gasteiger partial charge in [0.1, 0.15) is 30.9 Å². The van der Waals surface area contributed by atoms with E-state index in [1.807, 2.05) is 6.92 Å². The Balaban J connectivity index is -0.0000000638. The summed E-state index contributed by atoms with van der Waals surface area (Å²) < 4.78 is 54.1. The molecule has 6 heterocycles. The zero-order valence-corrected chi connectivity index (χ0v) is 67.1. The summed E-state index contributed by atoms with van der Waals surface area (Å²) in [5.74, 6) is -1.48. The van der Waals surface area contributed by atoms with Crippen LogP contribution >= 0.6 is 172 Å². The van der Waals surface area contributed by atoms with Gasteiger partial charge in [-0.15, -0.1) is 0 Å². The van der Waals surface area contributed by atoms with Crippen LogP contribution in [0.25, 0.3) is 6.08 Å². The molecule has 0 spiro atoms. The van der Waals surface area contributed by atoms with E-state index in [4.69, 9.17) is 176 Å². The molecule has 0 saturated heterocycles. The van der Waals surface area contributed by atoms with Gasteiger partial charge in [-0.3, -0.25) is 28.2 Å². The van der Waals surface area contributed by atoms with Crippen molar-refractivity contribution < 1.29 is 105 Å². The predicted octanol–water partition coefficient (Wildman–Crippen LogP) is 15.2. The second-order valence-corrected chi connectivity index (χ2v) is 23.8. The summed E-state index contributed by atoms with van der Waals surface area (Å²) in [6.07, 6.45) is 9.37. The summed E-state index contributed by atoms with van der Waals surface area (Å²) in [6, 6.07) is 14.9. The number of nitrogens with zero attached hydrogens (tertiary/aromatic N) is 7. The first-order valence-electron chi connectivity index (χ1n) is 23.3. The summed E-state index contributed by atoms with van der Waals surface area (Å²) in [6.45, 7) is 8.49. The number of pyridine rings is 6. The first kappa shape index (κ1) is 128. The molecule has 1 amide bonds. The zero-order chi connectivity index (χ0) is 70.2. The molecule has 557 valence electrons. The Labute approximate surface area is 713 Å². The molecule has 3 radical (unpaired) electrons. The van der Waals surface area contributed by atoms with E-state index in [0.29, 0.717) is 36.9 Å². The van der Waals surface area contributed by atoms with Crippen LogP contribution in [-0.2, 0) is 29.0 Å². The molecule has 1 aromatic carbocycles. The van der Waals surface area contributed by atoms with Gasteiger partial charge in [0, 0.05) is 92.2 Å². The van der Waals surface area contributed by atoms with Crippen LogP contribution < -0.4 is 47.4 Å². The maximum Gasteiger partial charge on any atom is 2.00 e. The molecule has 0 aliphatic carbocycles. The molecule has 7 aromatic rings. The number of carboxylic acids is 1. The third kappa shape index (κ3) is 59.6. The fourth-order valence-corrected chi connectivity index (χ4v) is 6.62. The summed E-state index contributed by atoms with van der Waals surface area (Å²) in [7, 11) is 8.50. The SMILES string of the molecule is C.C.C.C.C.C.C=Cc1cnc(Cl)c(Cl)c1.CC(=O)c1cnc(Cl)c(Cl)c1.CC(O)c1cnc(Cl)c(Cl)c1.CNOC.CON(C)C(=O)c1cnc(Cl)c(Cl)c1.Cc1ccc(S(=O)(=O)O)cc1.O=C(Cl)c1cnc(Cl)c(Cl)c1.O=C(O)c1cnc(Cl)c(Cl)c1.O=S(Cl)Cl.[2H]CF.[B].[CH3-].[Cl-].[H-].[Mg+2].[Na+]. The molecule has 20 nitrogen and oxygen atoms in total. The van der Waals surface area contributed by atoms with E-state index in [0.717, 1.165) is 22.4 Å². The van der Waals surface area contributed by atoms with E-state index in [1.165, 1.54) is 82.3 Å². The fourth-order valence-electron chi connectivity index (χ4n) is 4.41. The number of hydrogen-bond donors (Lipinski definition) is 4. The Morgan fingerprint density at radius 2 is 0.960 bits per heavy atom. The van der Waals surface area contributed by atoms with Crippen LogP contribution in [0.15, 0.2) is 109 Å². The summed E-state index contributed by atoms with van der Waals surface area (Å²) in [4.78, 5) is 74.3. The number of benzene rings is 1. The average molecular weight is 1790 g/mol. The molecule has 1 unspecified atom stereocenters. The topological polar surface area (TPSA) is 291 Å². The van der Waals surface area contributed by atoms with Gasteiger partial charge in [-0.2, -0.15) is 8.42 Å². The van der Waals surface area contributed by atoms with Crippen LogP contribution in [0.5, 0.6) is 0 Å². The Bertz CT molecular complexity index is 3440. The standard InChI is InChI=1S/C8H8Cl2N2O2.C7H7Cl2NO.C7H5Cl2NO.C7H5Cl2N.C7H8O3S.C6H2Cl3NO.C6H3Cl2NO2.C2H7NO.CH3F.6CH4.CH3.B.Cl2OS.ClH.Mg.Na.H/c1-12(14-2)8(13)5-3-6(9)7(10)11-4-5;2*1-4(11)5-2-6(8)7(9)10-3-5;1-2-5-3-6(8)7(9)10-4-5;1-6-2-4-7(5-3-6)11(8,9)10;7-4-1-3(6(9)11)2-10-5(4)8;7-4-1-3(6(10)11)2-9-5(4)8;1-3-4-2;1-2;;;;;;;;;1-4(2)3;;;;/h3-4H,1-2H3;2-4,11H,1H3;2-3H,1H3;2-4H,1H2;2-5H,1H3,(H,8,9,10);1-2H;1-2H,(H,10,11);3H,1-2H3;1H3;6*1H4;1H3;;;1H;;;/q;;;;;;;;;;;;;;;-1;;;;+2;+1;-1/p-1/i;;;;;;;;1D;;;;;;;;;;;;;. The van der Waals surface area contributed by atoms with Crippen LogP contribution in [0, 0.1) is 14.4 Å². The number of carbonyl (C=O) groups excluding carboxylic acids is 3. The molecule has 0 aliphatic heterocycles. The Morgan fingerprint density at radius 1 is 0.670 bits per heavy atom. The molecule has 1 atom stereocenters. The number of hydroxylamine groups is 3. The van der Waals surface area contributed by atoms with Crippen molar-refractivity contribution in [2.75, 3.05) is 35.5 Å². The van der Waals surface area contributed by atoms with Crippen LogP contribution in [0.3, 0.4) is 0 Å². The molecule has 0 bridgehead atoms. The number of Topliss-reactive ketones (excluding diaryl/α,β-unsaturated/α-hetero) is 1. The smallest absolute Gasteiger partial charge is 1.00 e. The Morgan fingerprint density at radius 3 is 1.24 bits per heavy atom. The molecule has 4 N–H and O–H groups in total. The van der Waals surface area contributed by atoms with Crippen molar-refractivity contribution in [3.63, 3.8) is 0 Å². The van der Waals surface area contributed by atoms with Gasteiger partial charge in [-0.1, -0.05) is 214 Å². The summed E-state index contributed by atoms with van der Waals surface area (Å²) in [5.41, 5.74) is 5.98. The minimum atomic E-state index is -4.02. The molecule has 0 aliphatic rings. The van der Waals surface area contributed by atoms with Crippen molar-refractivity contribution in [2.45, 2.75) is 76.3 Å². The van der Waals surface area contributed by atoms with Gasteiger partial charge in [0.2, 0.25) is 9.23 Å². The van der Waals surface area contributed by atoms with E-state index in [1.54, 1.807) is 57.6 Å². The van der Waals surface area contributed by atoms with Crippen molar-refractivity contribution in [1.82, 2.24) is 40.4 Å². The number of aliphatic hydroxyl groups excluding tert-OH is 1. The number of hydrogen-bond acceptors (Lipinski definition) is 17. The monoisotopic (exact) mass is 1780 g/mol. The fraction of sp³-hybridized carbons (Fsp3) is 0.259. The summed E-state index contributed by atoms with van der Waals surface area (Å²) >= 11 is 72.0. The van der Waals surface area contributed by atoms with E-state index in [2.05, 4.69) is 68.2 Å². The Hall–Kier alpha value is -1.56. The van der Waals surface area contributed by atoms with Crippen LogP contribution in [0.4, 0.5) is 4.39 Å². The van der Waals surface area contributed by atoms with Gasteiger partial charge in [0.25, 0.3) is 21.3 Å².